The summed E-state index contributed by atoms with van der Waals surface area (Å²) in [6.07, 6.45) is -0.763. The van der Waals surface area contributed by atoms with Crippen molar-refractivity contribution in [1.29, 1.82) is 0 Å². The van der Waals surface area contributed by atoms with Gasteiger partial charge in [-0.25, -0.2) is 13.6 Å². The minimum absolute atomic E-state index is 0.0146. The molecule has 0 N–H and O–H groups in total. The van der Waals surface area contributed by atoms with Crippen molar-refractivity contribution in [3.63, 3.8) is 0 Å². The first-order valence-corrected chi connectivity index (χ1v) is 18.8. The highest BCUT2D eigenvalue weighted by Gasteiger charge is 2.50. The second-order valence-electron chi connectivity index (χ2n) is 13.6. The van der Waals surface area contributed by atoms with Crippen molar-refractivity contribution in [2.75, 3.05) is 11.4 Å². The van der Waals surface area contributed by atoms with Gasteiger partial charge in [0.05, 0.1) is 23.9 Å². The lowest BCUT2D eigenvalue weighted by Crippen LogP contribution is -2.66. The normalized spacial score (nSPS) is 15.0. The minimum atomic E-state index is -2.95. The Hall–Kier alpha value is -4.25. The van der Waals surface area contributed by atoms with E-state index in [9.17, 15) is 9.18 Å². The first-order valence-electron chi connectivity index (χ1n) is 16.5. The van der Waals surface area contributed by atoms with E-state index in [1.165, 1.54) is 22.8 Å². The maximum absolute atomic E-state index is 16.0. The lowest BCUT2D eigenvalue weighted by molar-refractivity contribution is 0.188. The van der Waals surface area contributed by atoms with Crippen molar-refractivity contribution < 1.29 is 17.9 Å². The summed E-state index contributed by atoms with van der Waals surface area (Å²) < 4.78 is 46.8. The van der Waals surface area contributed by atoms with E-state index in [1.807, 2.05) is 62.1 Å². The Labute approximate surface area is 291 Å². The quantitative estimate of drug-likeness (QED) is 0.150. The Morgan fingerprint density at radius 1 is 0.939 bits per heavy atom. The summed E-state index contributed by atoms with van der Waals surface area (Å²) in [5, 5.41) is 6.84. The molecule has 7 nitrogen and oxygen atoms in total. The molecule has 1 unspecified atom stereocenters. The number of nitrogens with zero attached hydrogens (tertiary/aromatic N) is 4. The molecule has 2 heterocycles. The summed E-state index contributed by atoms with van der Waals surface area (Å²) in [4.78, 5) is 15.9. The molecule has 1 atom stereocenters. The van der Waals surface area contributed by atoms with Gasteiger partial charge in [0.1, 0.15) is 23.4 Å². The number of hydrogen-bond donors (Lipinski definition) is 0. The van der Waals surface area contributed by atoms with E-state index in [-0.39, 0.29) is 46.3 Å². The van der Waals surface area contributed by atoms with Crippen LogP contribution in [0.3, 0.4) is 0 Å². The van der Waals surface area contributed by atoms with Crippen LogP contribution >= 0.6 is 11.6 Å². The number of hydrogen-bond acceptors (Lipinski definition) is 5. The molecule has 0 fully saturated rings. The van der Waals surface area contributed by atoms with Gasteiger partial charge in [0.2, 0.25) is 0 Å². The fourth-order valence-corrected chi connectivity index (χ4v) is 11.7. The largest absolute Gasteiger partial charge is 0.481 e. The van der Waals surface area contributed by atoms with Crippen molar-refractivity contribution >= 4 is 36.0 Å². The number of benzene rings is 4. The van der Waals surface area contributed by atoms with E-state index in [0.29, 0.717) is 18.1 Å². The Bertz CT molecular complexity index is 1950. The molecule has 0 spiro atoms. The summed E-state index contributed by atoms with van der Waals surface area (Å²) in [6.45, 7) is 13.0. The second kappa shape index (κ2) is 13.6. The molecule has 0 aliphatic carbocycles. The molecule has 0 bridgehead atoms. The predicted octanol–water partition coefficient (Wildman–Crippen LogP) is 7.41. The third kappa shape index (κ3) is 6.22. The minimum Gasteiger partial charge on any atom is -0.481 e. The average molecular weight is 703 g/mol. The fraction of sp³-hybridized carbons (Fsp3) is 0.316. The molecule has 0 radical (unpaired) electrons. The first kappa shape index (κ1) is 34.6. The van der Waals surface area contributed by atoms with Crippen LogP contribution in [0.4, 0.5) is 14.5 Å². The van der Waals surface area contributed by atoms with Crippen LogP contribution < -0.4 is 25.7 Å². The summed E-state index contributed by atoms with van der Waals surface area (Å²) >= 11 is 6.38. The molecule has 0 saturated carbocycles. The van der Waals surface area contributed by atoms with Gasteiger partial charge in [-0.2, -0.15) is 4.68 Å². The van der Waals surface area contributed by atoms with Gasteiger partial charge < -0.3 is 14.1 Å². The third-order valence-corrected chi connectivity index (χ3v) is 14.5. The van der Waals surface area contributed by atoms with Crippen molar-refractivity contribution in [1.82, 2.24) is 14.3 Å². The van der Waals surface area contributed by atoms with Gasteiger partial charge in [-0.05, 0) is 54.4 Å². The average Bonchev–Trinajstić information content (AvgIpc) is 3.39. The summed E-state index contributed by atoms with van der Waals surface area (Å²) in [5.74, 6) is -0.580. The Morgan fingerprint density at radius 3 is 2.12 bits per heavy atom. The topological polar surface area (TPSA) is 61.5 Å². The zero-order chi connectivity index (χ0) is 35.1. The lowest BCUT2D eigenvalue weighted by Gasteiger charge is -2.42. The number of ether oxygens (including phenoxy) is 1. The Kier molecular flexibility index (Phi) is 9.58. The van der Waals surface area contributed by atoms with Crippen molar-refractivity contribution in [2.24, 2.45) is 0 Å². The summed E-state index contributed by atoms with van der Waals surface area (Å²) in [6, 6.07) is 27.7. The molecule has 0 amide bonds. The number of halogens is 3. The van der Waals surface area contributed by atoms with E-state index in [0.717, 1.165) is 15.1 Å². The van der Waals surface area contributed by atoms with Gasteiger partial charge in [-0.15, -0.1) is 5.10 Å². The molecular formula is C38H41ClF2N4O3Si. The maximum atomic E-state index is 16.0. The van der Waals surface area contributed by atoms with Crippen LogP contribution in [0.2, 0.25) is 10.1 Å². The molecule has 256 valence electrons. The standard InChI is InChI=1S/C38H41ClF2N4O3Si/c1-7-43-35(24-47-49(38(4,5)6,26-15-10-8-11-16-26)27-17-12-9-13-18-27)42-45(37(43)46)31-22-32-33(21-30(31)41)48-34(23-44(32)25(2)3)36-28(39)19-14-20-29(36)40/h8-22,25,34H,7,23-24H2,1-6H3. The van der Waals surface area contributed by atoms with E-state index >= 15 is 4.39 Å². The van der Waals surface area contributed by atoms with Crippen LogP contribution in [-0.4, -0.2) is 35.3 Å². The third-order valence-electron chi connectivity index (χ3n) is 9.23. The first-order chi connectivity index (χ1) is 23.4. The highest BCUT2D eigenvalue weighted by Crippen LogP contribution is 2.43. The molecule has 5 aromatic rings. The summed E-state index contributed by atoms with van der Waals surface area (Å²) in [5.41, 5.74) is 0.289. The predicted molar refractivity (Wildman–Crippen MR) is 193 cm³/mol. The molecule has 6 rings (SSSR count). The van der Waals surface area contributed by atoms with Gasteiger partial charge in [0, 0.05) is 24.2 Å². The molecule has 11 heteroatoms. The van der Waals surface area contributed by atoms with E-state index in [1.54, 1.807) is 12.1 Å². The molecule has 0 saturated heterocycles. The van der Waals surface area contributed by atoms with Crippen molar-refractivity contribution in [3.8, 4) is 11.4 Å². The van der Waals surface area contributed by atoms with Crippen molar-refractivity contribution in [2.45, 2.75) is 71.9 Å². The number of fused-ring (bicyclic) bond motifs is 1. The number of anilines is 1. The van der Waals surface area contributed by atoms with Gasteiger partial charge in [0.25, 0.3) is 8.32 Å². The molecule has 49 heavy (non-hydrogen) atoms. The zero-order valence-corrected chi connectivity index (χ0v) is 30.3. The van der Waals surface area contributed by atoms with E-state index < -0.39 is 31.7 Å². The number of rotatable bonds is 9. The second-order valence-corrected chi connectivity index (χ2v) is 18.3. The maximum Gasteiger partial charge on any atom is 0.350 e. The molecule has 1 aliphatic heterocycles. The fourth-order valence-electron chi connectivity index (χ4n) is 6.89. The Balaban J connectivity index is 1.41. The molecule has 1 aliphatic rings. The summed E-state index contributed by atoms with van der Waals surface area (Å²) in [7, 11) is -2.95. The Morgan fingerprint density at radius 2 is 1.57 bits per heavy atom. The van der Waals surface area contributed by atoms with E-state index in [4.69, 9.17) is 20.8 Å². The highest BCUT2D eigenvalue weighted by molar-refractivity contribution is 6.99. The zero-order valence-electron chi connectivity index (χ0n) is 28.6. The van der Waals surface area contributed by atoms with Crippen LogP contribution in [0, 0.1) is 11.6 Å². The van der Waals surface area contributed by atoms with Crippen molar-refractivity contribution in [3.05, 3.63) is 130 Å². The number of aromatic nitrogens is 3. The van der Waals surface area contributed by atoms with E-state index in [2.05, 4.69) is 50.1 Å². The van der Waals surface area contributed by atoms with Crippen LogP contribution in [-0.2, 0) is 17.6 Å². The smallest absolute Gasteiger partial charge is 0.350 e. The molecule has 4 aromatic carbocycles. The van der Waals surface area contributed by atoms with Crippen LogP contribution in [0.25, 0.3) is 5.69 Å². The van der Waals surface area contributed by atoms with Gasteiger partial charge in [-0.1, -0.05) is 99.1 Å². The van der Waals surface area contributed by atoms with Gasteiger partial charge >= 0.3 is 5.69 Å². The van der Waals surface area contributed by atoms with Crippen LogP contribution in [0.15, 0.2) is 95.8 Å². The van der Waals surface area contributed by atoms with Gasteiger partial charge in [0.15, 0.2) is 11.6 Å². The van der Waals surface area contributed by atoms with Crippen LogP contribution in [0.1, 0.15) is 59.0 Å². The van der Waals surface area contributed by atoms with Crippen LogP contribution in [0.5, 0.6) is 5.75 Å². The van der Waals surface area contributed by atoms with Gasteiger partial charge in [-0.3, -0.25) is 4.57 Å². The highest BCUT2D eigenvalue weighted by atomic mass is 35.5. The molecule has 1 aromatic heterocycles. The molecular weight excluding hydrogens is 662 g/mol. The lowest BCUT2D eigenvalue weighted by atomic mass is 10.0. The monoisotopic (exact) mass is 702 g/mol. The SMILES string of the molecule is CCn1c(CO[Si](c2ccccc2)(c2ccccc2)C(C)(C)C)nn(-c2cc3c(cc2F)OC(c2c(F)cccc2Cl)CN3C(C)C)c1=O.